The van der Waals surface area contributed by atoms with Crippen LogP contribution in [0.3, 0.4) is 0 Å². The Kier molecular flexibility index (Phi) is 5.53. The Morgan fingerprint density at radius 3 is 2.62 bits per heavy atom. The van der Waals surface area contributed by atoms with Crippen molar-refractivity contribution in [3.63, 3.8) is 0 Å². The maximum atomic E-state index is 12.8. The molecule has 0 amide bonds. The molecule has 5 aliphatic rings. The van der Waals surface area contributed by atoms with Crippen LogP contribution in [0.25, 0.3) is 0 Å². The average molecular weight is 401 g/mol. The lowest BCUT2D eigenvalue weighted by Crippen LogP contribution is -2.52. The van der Waals surface area contributed by atoms with Crippen LogP contribution in [0.1, 0.15) is 71.1 Å². The number of hydrogen-bond acceptors (Lipinski definition) is 4. The zero-order valence-corrected chi connectivity index (χ0v) is 18.4. The second kappa shape index (κ2) is 8.00. The Morgan fingerprint density at radius 1 is 1.10 bits per heavy atom. The highest BCUT2D eigenvalue weighted by Gasteiger charge is 2.55. The molecule has 5 fully saturated rings. The molecule has 0 bridgehead atoms. The summed E-state index contributed by atoms with van der Waals surface area (Å²) in [5.41, 5.74) is 1.74. The van der Waals surface area contributed by atoms with E-state index in [-0.39, 0.29) is 18.0 Å². The number of piperazine rings is 1. The molecule has 3 aliphatic carbocycles. The second-order valence-electron chi connectivity index (χ2n) is 11.0. The molecule has 0 N–H and O–H groups in total. The van der Waals surface area contributed by atoms with E-state index in [4.69, 9.17) is 4.74 Å². The van der Waals surface area contributed by atoms with Crippen LogP contribution in [0.5, 0.6) is 0 Å². The predicted octanol–water partition coefficient (Wildman–Crippen LogP) is 4.25. The number of fused-ring (bicyclic) bond motifs is 2. The lowest BCUT2D eigenvalue weighted by atomic mass is 9.55. The van der Waals surface area contributed by atoms with E-state index >= 15 is 0 Å². The van der Waals surface area contributed by atoms with Crippen LogP contribution in [0.4, 0.5) is 0 Å². The summed E-state index contributed by atoms with van der Waals surface area (Å²) < 4.78 is 5.98. The molecule has 2 heterocycles. The van der Waals surface area contributed by atoms with Gasteiger partial charge in [0.2, 0.25) is 0 Å². The maximum Gasteiger partial charge on any atom is 0.310 e. The molecule has 5 rings (SSSR count). The van der Waals surface area contributed by atoms with Gasteiger partial charge >= 0.3 is 5.97 Å². The van der Waals surface area contributed by atoms with Crippen molar-refractivity contribution in [2.45, 2.75) is 83.3 Å². The van der Waals surface area contributed by atoms with Gasteiger partial charge in [-0.15, -0.1) is 0 Å². The van der Waals surface area contributed by atoms with Crippen LogP contribution in [0, 0.1) is 23.2 Å². The quantitative estimate of drug-likeness (QED) is 0.524. The van der Waals surface area contributed by atoms with E-state index < -0.39 is 0 Å². The summed E-state index contributed by atoms with van der Waals surface area (Å²) in [6.45, 7) is 12.4. The summed E-state index contributed by atoms with van der Waals surface area (Å²) in [5, 5.41) is 0. The van der Waals surface area contributed by atoms with Gasteiger partial charge in [-0.05, 0) is 56.3 Å². The Bertz CT molecular complexity index is 635. The standard InChI is InChI=1S/C25H40N2O2/c1-18-7-6-10-25(2)16-23-20(15-22(18)25)21(24(28)29-23)17-26-11-13-27(14-12-26)19-8-4-3-5-9-19/h19-23H,1,3-17H2,2H3/t20-,21-,22-,23-,25-/m1/s1. The minimum atomic E-state index is 0.0838. The van der Waals surface area contributed by atoms with Gasteiger partial charge in [-0.3, -0.25) is 14.6 Å². The van der Waals surface area contributed by atoms with Crippen LogP contribution in [-0.2, 0) is 9.53 Å². The lowest BCUT2D eigenvalue weighted by molar-refractivity contribution is -0.146. The van der Waals surface area contributed by atoms with Crippen LogP contribution in [0.15, 0.2) is 12.2 Å². The zero-order chi connectivity index (χ0) is 20.0. The molecule has 0 aromatic heterocycles. The summed E-state index contributed by atoms with van der Waals surface area (Å²) in [6.07, 6.45) is 13.1. The number of carbonyl (C=O) groups excluding carboxylic acids is 1. The third-order valence-electron chi connectivity index (χ3n) is 9.27. The molecule has 29 heavy (non-hydrogen) atoms. The molecule has 0 aromatic rings. The van der Waals surface area contributed by atoms with E-state index in [0.717, 1.165) is 38.5 Å². The third-order valence-corrected chi connectivity index (χ3v) is 9.27. The molecule has 162 valence electrons. The minimum Gasteiger partial charge on any atom is -0.462 e. The molecule has 0 radical (unpaired) electrons. The van der Waals surface area contributed by atoms with Crippen molar-refractivity contribution < 1.29 is 9.53 Å². The van der Waals surface area contributed by atoms with Crippen LogP contribution >= 0.6 is 0 Å². The zero-order valence-electron chi connectivity index (χ0n) is 18.4. The predicted molar refractivity (Wildman–Crippen MR) is 116 cm³/mol. The normalized spacial score (nSPS) is 42.4. The molecule has 0 spiro atoms. The van der Waals surface area contributed by atoms with E-state index in [9.17, 15) is 4.79 Å². The Balaban J connectivity index is 1.20. The topological polar surface area (TPSA) is 32.8 Å². The minimum absolute atomic E-state index is 0.0838. The van der Waals surface area contributed by atoms with Gasteiger partial charge in [0.1, 0.15) is 6.10 Å². The van der Waals surface area contributed by atoms with Gasteiger partial charge in [0.25, 0.3) is 0 Å². The highest BCUT2D eigenvalue weighted by Crippen LogP contribution is 2.56. The van der Waals surface area contributed by atoms with Gasteiger partial charge in [-0.2, -0.15) is 0 Å². The first-order valence-corrected chi connectivity index (χ1v) is 12.4. The summed E-state index contributed by atoms with van der Waals surface area (Å²) >= 11 is 0. The van der Waals surface area contributed by atoms with Crippen molar-refractivity contribution in [2.75, 3.05) is 32.7 Å². The molecule has 2 saturated heterocycles. The molecular weight excluding hydrogens is 360 g/mol. The van der Waals surface area contributed by atoms with Crippen molar-refractivity contribution >= 4 is 5.97 Å². The van der Waals surface area contributed by atoms with Crippen LogP contribution in [-0.4, -0.2) is 60.6 Å². The summed E-state index contributed by atoms with van der Waals surface area (Å²) in [5.74, 6) is 1.17. The van der Waals surface area contributed by atoms with Gasteiger partial charge in [0, 0.05) is 44.7 Å². The fourth-order valence-electron chi connectivity index (χ4n) is 7.50. The Morgan fingerprint density at radius 2 is 1.86 bits per heavy atom. The van der Waals surface area contributed by atoms with Crippen molar-refractivity contribution in [1.82, 2.24) is 9.80 Å². The fourth-order valence-corrected chi connectivity index (χ4v) is 7.50. The number of hydrogen-bond donors (Lipinski definition) is 0. The van der Waals surface area contributed by atoms with Crippen molar-refractivity contribution in [3.8, 4) is 0 Å². The second-order valence-corrected chi connectivity index (χ2v) is 11.0. The number of esters is 1. The summed E-state index contributed by atoms with van der Waals surface area (Å²) in [7, 11) is 0. The lowest BCUT2D eigenvalue weighted by Gasteiger charge is -2.50. The van der Waals surface area contributed by atoms with Gasteiger partial charge in [0.05, 0.1) is 5.92 Å². The SMILES string of the molecule is C=C1CCC[C@]2(C)C[C@H]3OC(=O)[C@H](CN4CCN(C5CCCCC5)CC4)[C@H]3C[C@H]12. The first kappa shape index (κ1) is 20.1. The van der Waals surface area contributed by atoms with E-state index in [0.29, 0.717) is 17.3 Å². The highest BCUT2D eigenvalue weighted by molar-refractivity contribution is 5.75. The molecular formula is C25H40N2O2. The first-order chi connectivity index (χ1) is 14.0. The van der Waals surface area contributed by atoms with Crippen molar-refractivity contribution in [3.05, 3.63) is 12.2 Å². The van der Waals surface area contributed by atoms with Gasteiger partial charge < -0.3 is 4.74 Å². The Labute approximate surface area is 177 Å². The van der Waals surface area contributed by atoms with Gasteiger partial charge in [-0.1, -0.05) is 38.3 Å². The van der Waals surface area contributed by atoms with E-state index in [1.807, 2.05) is 0 Å². The number of allylic oxidation sites excluding steroid dienone is 1. The largest absolute Gasteiger partial charge is 0.462 e. The Hall–Kier alpha value is -0.870. The monoisotopic (exact) mass is 400 g/mol. The molecule has 5 atom stereocenters. The van der Waals surface area contributed by atoms with Crippen molar-refractivity contribution in [2.24, 2.45) is 23.2 Å². The summed E-state index contributed by atoms with van der Waals surface area (Å²) in [6, 6.07) is 0.820. The van der Waals surface area contributed by atoms with E-state index in [1.54, 1.807) is 0 Å². The molecule has 2 aliphatic heterocycles. The van der Waals surface area contributed by atoms with Gasteiger partial charge in [-0.25, -0.2) is 0 Å². The summed E-state index contributed by atoms with van der Waals surface area (Å²) in [4.78, 5) is 18.1. The molecule has 0 unspecified atom stereocenters. The van der Waals surface area contributed by atoms with Gasteiger partial charge in [0.15, 0.2) is 0 Å². The molecule has 4 heteroatoms. The van der Waals surface area contributed by atoms with Crippen molar-refractivity contribution in [1.29, 1.82) is 0 Å². The number of rotatable bonds is 3. The van der Waals surface area contributed by atoms with Crippen LogP contribution < -0.4 is 0 Å². The van der Waals surface area contributed by atoms with E-state index in [2.05, 4.69) is 23.3 Å². The third kappa shape index (κ3) is 3.80. The first-order valence-electron chi connectivity index (χ1n) is 12.4. The average Bonchev–Trinajstić information content (AvgIpc) is 3.01. The maximum absolute atomic E-state index is 12.8. The number of nitrogens with zero attached hydrogens (tertiary/aromatic N) is 2. The van der Waals surface area contributed by atoms with E-state index in [1.165, 1.54) is 70.0 Å². The smallest absolute Gasteiger partial charge is 0.310 e. The fraction of sp³-hybridized carbons (Fsp3) is 0.880. The number of carbonyl (C=O) groups is 1. The molecule has 3 saturated carbocycles. The molecule has 4 nitrogen and oxygen atoms in total. The van der Waals surface area contributed by atoms with Crippen LogP contribution in [0.2, 0.25) is 0 Å². The number of ether oxygens (including phenoxy) is 1. The molecule has 0 aromatic carbocycles. The highest BCUT2D eigenvalue weighted by atomic mass is 16.6.